The molecule has 0 saturated heterocycles. The summed E-state index contributed by atoms with van der Waals surface area (Å²) in [6.07, 6.45) is 1.57. The van der Waals surface area contributed by atoms with Crippen molar-refractivity contribution in [2.75, 3.05) is 18.2 Å². The van der Waals surface area contributed by atoms with E-state index in [2.05, 4.69) is 20.8 Å². The van der Waals surface area contributed by atoms with Crippen LogP contribution >= 0.6 is 11.8 Å². The Labute approximate surface area is 201 Å². The Morgan fingerprint density at radius 3 is 2.53 bits per heavy atom. The van der Waals surface area contributed by atoms with E-state index >= 15 is 0 Å². The van der Waals surface area contributed by atoms with E-state index in [1.54, 1.807) is 42.3 Å². The molecule has 0 saturated carbocycles. The first-order valence-electron chi connectivity index (χ1n) is 10.5. The molecule has 0 aliphatic carbocycles. The number of carbonyl (C=O) groups is 2. The zero-order valence-electron chi connectivity index (χ0n) is 18.5. The minimum atomic E-state index is -0.261. The van der Waals surface area contributed by atoms with Crippen LogP contribution in [-0.4, -0.2) is 39.4 Å². The molecule has 3 aromatic carbocycles. The second kappa shape index (κ2) is 11.2. The van der Waals surface area contributed by atoms with Gasteiger partial charge in [-0.15, -0.1) is 10.2 Å². The van der Waals surface area contributed by atoms with Crippen LogP contribution in [0.2, 0.25) is 0 Å². The first kappa shape index (κ1) is 23.1. The summed E-state index contributed by atoms with van der Waals surface area (Å²) in [4.78, 5) is 25.4. The number of benzene rings is 3. The van der Waals surface area contributed by atoms with E-state index in [1.165, 1.54) is 11.8 Å². The number of ether oxygens (including phenoxy) is 1. The molecule has 1 heterocycles. The maximum atomic E-state index is 12.7. The highest BCUT2D eigenvalue weighted by atomic mass is 32.2. The van der Waals surface area contributed by atoms with E-state index in [1.807, 2.05) is 54.6 Å². The molecule has 0 aliphatic rings. The van der Waals surface area contributed by atoms with Gasteiger partial charge in [0.2, 0.25) is 5.91 Å². The summed E-state index contributed by atoms with van der Waals surface area (Å²) in [5, 5.41) is 14.4. The zero-order chi connectivity index (χ0) is 23.8. The van der Waals surface area contributed by atoms with Gasteiger partial charge in [0.15, 0.2) is 5.16 Å². The molecule has 0 unspecified atom stereocenters. The van der Waals surface area contributed by atoms with Crippen molar-refractivity contribution in [1.82, 2.24) is 20.1 Å². The molecule has 0 atom stereocenters. The van der Waals surface area contributed by atoms with Crippen molar-refractivity contribution >= 4 is 29.3 Å². The Balaban J connectivity index is 1.39. The number of amides is 2. The summed E-state index contributed by atoms with van der Waals surface area (Å²) < 4.78 is 7.18. The van der Waals surface area contributed by atoms with E-state index in [9.17, 15) is 9.59 Å². The number of hydrogen-bond acceptors (Lipinski definition) is 6. The van der Waals surface area contributed by atoms with Crippen LogP contribution in [0.3, 0.4) is 0 Å². The van der Waals surface area contributed by atoms with E-state index < -0.39 is 0 Å². The van der Waals surface area contributed by atoms with Crippen LogP contribution in [0.1, 0.15) is 15.9 Å². The largest absolute Gasteiger partial charge is 0.495 e. The molecule has 8 nitrogen and oxygen atoms in total. The lowest BCUT2D eigenvalue weighted by molar-refractivity contribution is -0.113. The Bertz CT molecular complexity index is 1280. The van der Waals surface area contributed by atoms with E-state index in [0.717, 1.165) is 11.3 Å². The van der Waals surface area contributed by atoms with Gasteiger partial charge in [-0.05, 0) is 29.8 Å². The highest BCUT2D eigenvalue weighted by molar-refractivity contribution is 7.99. The van der Waals surface area contributed by atoms with Gasteiger partial charge in [0.05, 0.1) is 29.8 Å². The number of hydrogen-bond donors (Lipinski definition) is 2. The molecular formula is C25H23N5O3S. The summed E-state index contributed by atoms with van der Waals surface area (Å²) >= 11 is 1.24. The molecule has 172 valence electrons. The third-order valence-electron chi connectivity index (χ3n) is 4.94. The smallest absolute Gasteiger partial charge is 0.253 e. The lowest BCUT2D eigenvalue weighted by Gasteiger charge is -2.12. The summed E-state index contributed by atoms with van der Waals surface area (Å²) in [7, 11) is 1.59. The standard InChI is InChI=1S/C25H23N5O3S/c1-33-22-14-8-7-13-21(22)30-17-27-29-25(30)34-16-23(31)28-20-12-6-5-11-19(20)24(32)26-15-18-9-3-2-4-10-18/h2-14,17H,15-16H2,1H3,(H,26,32)(H,28,31). The average Bonchev–Trinajstić information content (AvgIpc) is 3.35. The van der Waals surface area contributed by atoms with Crippen LogP contribution in [0, 0.1) is 0 Å². The first-order chi connectivity index (χ1) is 16.7. The quantitative estimate of drug-likeness (QED) is 0.358. The molecule has 0 aliphatic heterocycles. The van der Waals surface area contributed by atoms with Crippen LogP contribution in [-0.2, 0) is 11.3 Å². The number of aromatic nitrogens is 3. The normalized spacial score (nSPS) is 10.5. The Morgan fingerprint density at radius 2 is 1.71 bits per heavy atom. The van der Waals surface area contributed by atoms with Gasteiger partial charge in [-0.2, -0.15) is 0 Å². The number of rotatable bonds is 9. The van der Waals surface area contributed by atoms with Gasteiger partial charge >= 0.3 is 0 Å². The summed E-state index contributed by atoms with van der Waals surface area (Å²) in [5.74, 6) is 0.239. The molecule has 4 rings (SSSR count). The highest BCUT2D eigenvalue weighted by Gasteiger charge is 2.16. The van der Waals surface area contributed by atoms with E-state index in [-0.39, 0.29) is 17.6 Å². The topological polar surface area (TPSA) is 98.1 Å². The SMILES string of the molecule is COc1ccccc1-n1cnnc1SCC(=O)Nc1ccccc1C(=O)NCc1ccccc1. The zero-order valence-corrected chi connectivity index (χ0v) is 19.3. The molecule has 9 heteroatoms. The number of nitrogens with one attached hydrogen (secondary N) is 2. The molecule has 0 spiro atoms. The van der Waals surface area contributed by atoms with Crippen LogP contribution in [0.4, 0.5) is 5.69 Å². The minimum Gasteiger partial charge on any atom is -0.495 e. The fraction of sp³-hybridized carbons (Fsp3) is 0.120. The number of nitrogens with zero attached hydrogens (tertiary/aromatic N) is 3. The second-order valence-corrected chi connectivity index (χ2v) is 8.15. The predicted octanol–water partition coefficient (Wildman–Crippen LogP) is 3.94. The molecule has 2 N–H and O–H groups in total. The fourth-order valence-corrected chi connectivity index (χ4v) is 4.02. The van der Waals surface area contributed by atoms with Crippen molar-refractivity contribution in [3.63, 3.8) is 0 Å². The van der Waals surface area contributed by atoms with Gasteiger partial charge in [-0.25, -0.2) is 0 Å². The van der Waals surface area contributed by atoms with Gasteiger partial charge in [0.1, 0.15) is 12.1 Å². The second-order valence-electron chi connectivity index (χ2n) is 7.21. The van der Waals surface area contributed by atoms with E-state index in [4.69, 9.17) is 4.74 Å². The van der Waals surface area contributed by atoms with Crippen molar-refractivity contribution < 1.29 is 14.3 Å². The summed E-state index contributed by atoms with van der Waals surface area (Å²) in [6, 6.07) is 24.1. The van der Waals surface area contributed by atoms with Crippen molar-refractivity contribution in [3.05, 3.63) is 96.3 Å². The maximum Gasteiger partial charge on any atom is 0.253 e. The lowest BCUT2D eigenvalue weighted by Crippen LogP contribution is -2.25. The number of para-hydroxylation sites is 3. The number of carbonyl (C=O) groups excluding carboxylic acids is 2. The predicted molar refractivity (Wildman–Crippen MR) is 131 cm³/mol. The fourth-order valence-electron chi connectivity index (χ4n) is 3.30. The van der Waals surface area contributed by atoms with Gasteiger partial charge < -0.3 is 15.4 Å². The van der Waals surface area contributed by atoms with Crippen LogP contribution in [0.25, 0.3) is 5.69 Å². The van der Waals surface area contributed by atoms with Crippen molar-refractivity contribution in [2.45, 2.75) is 11.7 Å². The van der Waals surface area contributed by atoms with Crippen molar-refractivity contribution in [2.24, 2.45) is 0 Å². The molecular weight excluding hydrogens is 450 g/mol. The Hall–Kier alpha value is -4.11. The molecule has 34 heavy (non-hydrogen) atoms. The molecule has 4 aromatic rings. The highest BCUT2D eigenvalue weighted by Crippen LogP contribution is 2.26. The van der Waals surface area contributed by atoms with Crippen molar-refractivity contribution in [1.29, 1.82) is 0 Å². The number of thioether (sulfide) groups is 1. The molecule has 0 bridgehead atoms. The van der Waals surface area contributed by atoms with Gasteiger partial charge in [-0.1, -0.05) is 66.4 Å². The third-order valence-corrected chi connectivity index (χ3v) is 5.88. The minimum absolute atomic E-state index is 0.0911. The first-order valence-corrected chi connectivity index (χ1v) is 11.5. The average molecular weight is 474 g/mol. The Morgan fingerprint density at radius 1 is 0.971 bits per heavy atom. The molecule has 2 amide bonds. The molecule has 0 fully saturated rings. The molecule has 1 aromatic heterocycles. The summed E-state index contributed by atoms with van der Waals surface area (Å²) in [5.41, 5.74) is 2.62. The molecule has 0 radical (unpaired) electrons. The Kier molecular flexibility index (Phi) is 7.56. The van der Waals surface area contributed by atoms with Gasteiger partial charge in [0, 0.05) is 6.54 Å². The summed E-state index contributed by atoms with van der Waals surface area (Å²) in [6.45, 7) is 0.399. The van der Waals surface area contributed by atoms with Crippen LogP contribution < -0.4 is 15.4 Å². The van der Waals surface area contributed by atoms with E-state index in [0.29, 0.717) is 28.7 Å². The van der Waals surface area contributed by atoms with Gasteiger partial charge in [-0.3, -0.25) is 14.2 Å². The number of methoxy groups -OCH3 is 1. The maximum absolute atomic E-state index is 12.7. The van der Waals surface area contributed by atoms with Crippen molar-refractivity contribution in [3.8, 4) is 11.4 Å². The van der Waals surface area contributed by atoms with Crippen LogP contribution in [0.5, 0.6) is 5.75 Å². The van der Waals surface area contributed by atoms with Gasteiger partial charge in [0.25, 0.3) is 5.91 Å². The van der Waals surface area contributed by atoms with Crippen LogP contribution in [0.15, 0.2) is 90.3 Å². The monoisotopic (exact) mass is 473 g/mol. The lowest BCUT2D eigenvalue weighted by atomic mass is 10.1. The number of anilines is 1. The third kappa shape index (κ3) is 5.62.